The van der Waals surface area contributed by atoms with E-state index in [1.165, 1.54) is 46.8 Å². The van der Waals surface area contributed by atoms with Crippen molar-refractivity contribution in [2.45, 2.75) is 31.4 Å². The quantitative estimate of drug-likeness (QED) is 0.921. The molecule has 4 aliphatic rings. The normalized spacial score (nSPS) is 31.3. The summed E-state index contributed by atoms with van der Waals surface area (Å²) in [6, 6.07) is 6.54. The molecule has 4 aliphatic heterocycles. The van der Waals surface area contributed by atoms with E-state index < -0.39 is 0 Å². The van der Waals surface area contributed by atoms with Crippen molar-refractivity contribution in [3.63, 3.8) is 0 Å². The highest BCUT2D eigenvalue weighted by Gasteiger charge is 2.52. The smallest absolute Gasteiger partial charge is 0.217 e. The number of ether oxygens (including phenoxy) is 1. The Morgan fingerprint density at radius 3 is 2.91 bits per heavy atom. The lowest BCUT2D eigenvalue weighted by molar-refractivity contribution is -0.0814. The number of piperidine rings is 3. The average Bonchev–Trinajstić information content (AvgIpc) is 3.19. The van der Waals surface area contributed by atoms with Gasteiger partial charge < -0.3 is 10.5 Å². The van der Waals surface area contributed by atoms with E-state index in [-0.39, 0.29) is 5.60 Å². The predicted octanol–water partition coefficient (Wildman–Crippen LogP) is 2.67. The molecule has 2 aromatic rings. The Hall–Kier alpha value is -1.43. The molecule has 23 heavy (non-hydrogen) atoms. The number of nitrogens with zero attached hydrogens (tertiary/aromatic N) is 2. The first-order valence-corrected chi connectivity index (χ1v) is 9.27. The van der Waals surface area contributed by atoms with Crippen LogP contribution in [-0.4, -0.2) is 35.1 Å². The van der Waals surface area contributed by atoms with Crippen molar-refractivity contribution in [3.05, 3.63) is 34.8 Å². The molecule has 0 aromatic carbocycles. The van der Waals surface area contributed by atoms with Crippen molar-refractivity contribution in [2.24, 2.45) is 11.7 Å². The molecule has 2 aromatic heterocycles. The van der Waals surface area contributed by atoms with Crippen LogP contribution in [0.2, 0.25) is 0 Å². The summed E-state index contributed by atoms with van der Waals surface area (Å²) in [7, 11) is 0. The predicted molar refractivity (Wildman–Crippen MR) is 91.7 cm³/mol. The van der Waals surface area contributed by atoms with Gasteiger partial charge in [0.25, 0.3) is 0 Å². The van der Waals surface area contributed by atoms with E-state index in [1.54, 1.807) is 11.3 Å². The fourth-order valence-corrected chi connectivity index (χ4v) is 5.35. The minimum Gasteiger partial charge on any atom is -0.469 e. The second-order valence-electron chi connectivity index (χ2n) is 7.05. The van der Waals surface area contributed by atoms with Crippen LogP contribution in [0.3, 0.4) is 0 Å². The lowest BCUT2D eigenvalue weighted by atomic mass is 9.73. The molecule has 1 spiro atoms. The zero-order chi connectivity index (χ0) is 15.4. The van der Waals surface area contributed by atoms with Crippen LogP contribution in [-0.2, 0) is 13.0 Å². The number of thiophene rings is 1. The summed E-state index contributed by atoms with van der Waals surface area (Å²) in [6.07, 6.45) is 5.50. The molecule has 3 fully saturated rings. The molecule has 120 valence electrons. The third-order valence-electron chi connectivity index (χ3n) is 5.69. The summed E-state index contributed by atoms with van der Waals surface area (Å²) in [5.41, 5.74) is 8.18. The Bertz CT molecular complexity index is 750. The summed E-state index contributed by atoms with van der Waals surface area (Å²) in [4.78, 5) is 9.65. The van der Waals surface area contributed by atoms with E-state index in [2.05, 4.69) is 28.1 Å². The fourth-order valence-electron chi connectivity index (χ4n) is 4.49. The molecule has 1 unspecified atom stereocenters. The zero-order valence-corrected chi connectivity index (χ0v) is 13.9. The van der Waals surface area contributed by atoms with Gasteiger partial charge in [0.05, 0.1) is 0 Å². The van der Waals surface area contributed by atoms with Gasteiger partial charge in [0, 0.05) is 52.5 Å². The van der Waals surface area contributed by atoms with E-state index in [4.69, 9.17) is 10.5 Å². The second kappa shape index (κ2) is 5.03. The van der Waals surface area contributed by atoms with E-state index in [0.29, 0.717) is 12.5 Å². The fraction of sp³-hybridized carbons (Fsp3) is 0.500. The number of hydrogen-bond donors (Lipinski definition) is 1. The van der Waals surface area contributed by atoms with Gasteiger partial charge in [0.15, 0.2) is 0 Å². The summed E-state index contributed by atoms with van der Waals surface area (Å²) < 4.78 is 6.42. The first-order chi connectivity index (χ1) is 11.3. The van der Waals surface area contributed by atoms with Crippen molar-refractivity contribution < 1.29 is 4.74 Å². The maximum Gasteiger partial charge on any atom is 0.217 e. The standard InChI is InChI=1S/C18H21N3OS/c19-9-15-1-2-16(23-15)13-7-12-8-18(22-17(12)20-10-13)11-21-5-3-14(18)4-6-21/h1-2,7,10,14H,3-6,8-9,11,19H2. The molecule has 0 amide bonds. The highest BCUT2D eigenvalue weighted by atomic mass is 32.1. The minimum absolute atomic E-state index is 0.0116. The number of fused-ring (bicyclic) bond motifs is 3. The zero-order valence-electron chi connectivity index (χ0n) is 13.1. The number of pyridine rings is 1. The molecule has 5 heteroatoms. The van der Waals surface area contributed by atoms with Crippen LogP contribution in [0, 0.1) is 5.92 Å². The highest BCUT2D eigenvalue weighted by molar-refractivity contribution is 7.15. The van der Waals surface area contributed by atoms with Crippen LogP contribution in [0.15, 0.2) is 24.4 Å². The maximum atomic E-state index is 6.42. The van der Waals surface area contributed by atoms with Crippen molar-refractivity contribution >= 4 is 11.3 Å². The lowest BCUT2D eigenvalue weighted by Gasteiger charge is -2.50. The number of nitrogens with two attached hydrogens (primary N) is 1. The second-order valence-corrected chi connectivity index (χ2v) is 8.22. The molecular formula is C18H21N3OS. The summed E-state index contributed by atoms with van der Waals surface area (Å²) in [6.45, 7) is 4.15. The number of rotatable bonds is 2. The molecule has 1 atom stereocenters. The molecule has 2 bridgehead atoms. The van der Waals surface area contributed by atoms with Gasteiger partial charge in [-0.3, -0.25) is 4.90 Å². The molecule has 6 heterocycles. The third kappa shape index (κ3) is 2.14. The Morgan fingerprint density at radius 2 is 2.22 bits per heavy atom. The Balaban J connectivity index is 1.47. The van der Waals surface area contributed by atoms with E-state index >= 15 is 0 Å². The van der Waals surface area contributed by atoms with Gasteiger partial charge in [-0.25, -0.2) is 4.98 Å². The van der Waals surface area contributed by atoms with Crippen molar-refractivity contribution in [1.29, 1.82) is 0 Å². The Labute approximate surface area is 140 Å². The maximum absolute atomic E-state index is 6.42. The number of hydrogen-bond acceptors (Lipinski definition) is 5. The topological polar surface area (TPSA) is 51.4 Å². The van der Waals surface area contributed by atoms with Gasteiger partial charge in [-0.2, -0.15) is 0 Å². The van der Waals surface area contributed by atoms with Gasteiger partial charge >= 0.3 is 0 Å². The van der Waals surface area contributed by atoms with Gasteiger partial charge in [-0.15, -0.1) is 11.3 Å². The molecule has 2 N–H and O–H groups in total. The van der Waals surface area contributed by atoms with Crippen molar-refractivity contribution in [3.8, 4) is 16.3 Å². The monoisotopic (exact) mass is 327 g/mol. The molecule has 0 radical (unpaired) electrons. The summed E-state index contributed by atoms with van der Waals surface area (Å²) in [5.74, 6) is 1.55. The van der Waals surface area contributed by atoms with E-state index in [9.17, 15) is 0 Å². The van der Waals surface area contributed by atoms with Gasteiger partial charge in [0.1, 0.15) is 5.60 Å². The van der Waals surface area contributed by atoms with E-state index in [1.807, 2.05) is 6.20 Å². The van der Waals surface area contributed by atoms with Crippen molar-refractivity contribution in [2.75, 3.05) is 19.6 Å². The molecule has 4 nitrogen and oxygen atoms in total. The third-order valence-corrected chi connectivity index (χ3v) is 6.84. The first kappa shape index (κ1) is 14.0. The van der Waals surface area contributed by atoms with Crippen LogP contribution in [0.1, 0.15) is 23.3 Å². The van der Waals surface area contributed by atoms with Gasteiger partial charge in [0.2, 0.25) is 5.88 Å². The molecular weight excluding hydrogens is 306 g/mol. The van der Waals surface area contributed by atoms with Crippen LogP contribution >= 0.6 is 11.3 Å². The largest absolute Gasteiger partial charge is 0.469 e. The molecule has 6 rings (SSSR count). The summed E-state index contributed by atoms with van der Waals surface area (Å²) in [5, 5.41) is 0. The molecule has 3 saturated heterocycles. The highest BCUT2D eigenvalue weighted by Crippen LogP contribution is 2.46. The van der Waals surface area contributed by atoms with Crippen molar-refractivity contribution in [1.82, 2.24) is 9.88 Å². The van der Waals surface area contributed by atoms with Crippen LogP contribution < -0.4 is 10.5 Å². The lowest BCUT2D eigenvalue weighted by Crippen LogP contribution is -2.61. The van der Waals surface area contributed by atoms with Crippen LogP contribution in [0.4, 0.5) is 0 Å². The van der Waals surface area contributed by atoms with Crippen LogP contribution in [0.5, 0.6) is 5.88 Å². The average molecular weight is 327 g/mol. The summed E-state index contributed by atoms with van der Waals surface area (Å²) >= 11 is 1.76. The van der Waals surface area contributed by atoms with Crippen LogP contribution in [0.25, 0.3) is 10.4 Å². The number of aromatic nitrogens is 1. The Kier molecular flexibility index (Phi) is 3.05. The van der Waals surface area contributed by atoms with Gasteiger partial charge in [-0.1, -0.05) is 0 Å². The SMILES string of the molecule is NCc1ccc(-c2cnc3c(c2)CC2(CN4CCC2CC4)O3)s1. The first-order valence-electron chi connectivity index (χ1n) is 8.45. The molecule has 0 aliphatic carbocycles. The van der Waals surface area contributed by atoms with Gasteiger partial charge in [-0.05, 0) is 44.1 Å². The van der Waals surface area contributed by atoms with E-state index in [0.717, 1.165) is 18.8 Å². The minimum atomic E-state index is -0.0116. The molecule has 0 saturated carbocycles. The Morgan fingerprint density at radius 1 is 1.35 bits per heavy atom.